The molecule has 2 nitrogen and oxygen atoms in total. The predicted molar refractivity (Wildman–Crippen MR) is 88.5 cm³/mol. The van der Waals surface area contributed by atoms with E-state index in [0.29, 0.717) is 0 Å². The highest BCUT2D eigenvalue weighted by Crippen LogP contribution is 2.32. The summed E-state index contributed by atoms with van der Waals surface area (Å²) in [5.74, 6) is 1.01. The fourth-order valence-electron chi connectivity index (χ4n) is 3.09. The van der Waals surface area contributed by atoms with Crippen LogP contribution in [0, 0.1) is 0 Å². The lowest BCUT2D eigenvalue weighted by Crippen LogP contribution is -2.01. The van der Waals surface area contributed by atoms with E-state index in [4.69, 9.17) is 16.6 Å². The summed E-state index contributed by atoms with van der Waals surface area (Å²) in [7, 11) is 2.05. The van der Waals surface area contributed by atoms with Crippen LogP contribution in [0.2, 0.25) is 5.02 Å². The van der Waals surface area contributed by atoms with E-state index in [1.165, 1.54) is 16.7 Å². The zero-order valence-corrected chi connectivity index (χ0v) is 12.6. The van der Waals surface area contributed by atoms with Gasteiger partial charge in [0.05, 0.1) is 11.0 Å². The van der Waals surface area contributed by atoms with Crippen molar-refractivity contribution >= 4 is 28.7 Å². The largest absolute Gasteiger partial charge is 0.327 e. The number of aromatic nitrogens is 2. The van der Waals surface area contributed by atoms with Gasteiger partial charge in [-0.15, -0.1) is 0 Å². The summed E-state index contributed by atoms with van der Waals surface area (Å²) in [5.41, 5.74) is 5.99. The molecule has 2 aromatic carbocycles. The van der Waals surface area contributed by atoms with Crippen LogP contribution in [0.4, 0.5) is 0 Å². The Morgan fingerprint density at radius 3 is 3.00 bits per heavy atom. The molecule has 0 fully saturated rings. The van der Waals surface area contributed by atoms with Crippen LogP contribution in [0.1, 0.15) is 17.5 Å². The van der Waals surface area contributed by atoms with Gasteiger partial charge in [-0.05, 0) is 42.2 Å². The standard InChI is InChI=1S/C18H15ClN2/c1-21-17-11-13(19)9-10-16(17)20-18(21)15-8-4-6-12-5-2-3-7-14(12)15/h2,4-6,8-11H,3,7H2,1H3. The van der Waals surface area contributed by atoms with Crippen molar-refractivity contribution in [3.05, 3.63) is 58.6 Å². The smallest absolute Gasteiger partial charge is 0.141 e. The average molecular weight is 295 g/mol. The number of hydrogen-bond donors (Lipinski definition) is 0. The van der Waals surface area contributed by atoms with Crippen molar-refractivity contribution in [1.82, 2.24) is 9.55 Å². The molecule has 21 heavy (non-hydrogen) atoms. The van der Waals surface area contributed by atoms with E-state index in [-0.39, 0.29) is 0 Å². The van der Waals surface area contributed by atoms with Gasteiger partial charge in [-0.1, -0.05) is 42.0 Å². The first-order valence-corrected chi connectivity index (χ1v) is 7.52. The summed E-state index contributed by atoms with van der Waals surface area (Å²) in [6.07, 6.45) is 6.62. The second-order valence-electron chi connectivity index (χ2n) is 5.44. The molecule has 1 aromatic heterocycles. The first-order valence-electron chi connectivity index (χ1n) is 7.15. The molecule has 0 atom stereocenters. The highest BCUT2D eigenvalue weighted by Gasteiger charge is 2.16. The van der Waals surface area contributed by atoms with Crippen LogP contribution in [0.3, 0.4) is 0 Å². The molecule has 0 amide bonds. The summed E-state index contributed by atoms with van der Waals surface area (Å²) < 4.78 is 2.13. The number of rotatable bonds is 1. The number of aryl methyl sites for hydroxylation is 1. The molecular formula is C18H15ClN2. The first-order chi connectivity index (χ1) is 10.2. The number of halogens is 1. The fraction of sp³-hybridized carbons (Fsp3) is 0.167. The number of nitrogens with zero attached hydrogens (tertiary/aromatic N) is 2. The molecule has 0 unspecified atom stereocenters. The number of benzene rings is 2. The third-order valence-electron chi connectivity index (χ3n) is 4.15. The summed E-state index contributed by atoms with van der Waals surface area (Å²) in [4.78, 5) is 4.81. The predicted octanol–water partition coefficient (Wildman–Crippen LogP) is 4.85. The van der Waals surface area contributed by atoms with E-state index in [1.54, 1.807) is 0 Å². The normalized spacial score (nSPS) is 13.6. The van der Waals surface area contributed by atoms with E-state index < -0.39 is 0 Å². The van der Waals surface area contributed by atoms with Crippen molar-refractivity contribution in [1.29, 1.82) is 0 Å². The Morgan fingerprint density at radius 1 is 1.19 bits per heavy atom. The van der Waals surface area contributed by atoms with Gasteiger partial charge in [0, 0.05) is 17.6 Å². The maximum absolute atomic E-state index is 6.11. The number of fused-ring (bicyclic) bond motifs is 2. The molecule has 0 spiro atoms. The molecule has 0 aliphatic heterocycles. The van der Waals surface area contributed by atoms with Crippen molar-refractivity contribution in [2.75, 3.05) is 0 Å². The Balaban J connectivity index is 1.99. The van der Waals surface area contributed by atoms with E-state index in [9.17, 15) is 0 Å². The van der Waals surface area contributed by atoms with Gasteiger partial charge in [0.1, 0.15) is 5.82 Å². The molecule has 0 saturated heterocycles. The SMILES string of the molecule is Cn1c(-c2cccc3c2CCC=C3)nc2ccc(Cl)cc21. The molecule has 0 saturated carbocycles. The monoisotopic (exact) mass is 294 g/mol. The summed E-state index contributed by atoms with van der Waals surface area (Å²) >= 11 is 6.11. The van der Waals surface area contributed by atoms with Gasteiger partial charge in [0.15, 0.2) is 0 Å². The van der Waals surface area contributed by atoms with Crippen LogP contribution in [0.5, 0.6) is 0 Å². The molecule has 0 N–H and O–H groups in total. The first kappa shape index (κ1) is 12.7. The number of hydrogen-bond acceptors (Lipinski definition) is 1. The zero-order valence-electron chi connectivity index (χ0n) is 11.8. The van der Waals surface area contributed by atoms with Crippen LogP contribution < -0.4 is 0 Å². The van der Waals surface area contributed by atoms with Crippen molar-refractivity contribution in [2.24, 2.45) is 7.05 Å². The Bertz CT molecular complexity index is 874. The molecule has 3 aromatic rings. The highest BCUT2D eigenvalue weighted by molar-refractivity contribution is 6.31. The molecule has 1 aliphatic rings. The van der Waals surface area contributed by atoms with Crippen LogP contribution >= 0.6 is 11.6 Å². The summed E-state index contributed by atoms with van der Waals surface area (Å²) in [6.45, 7) is 0. The molecule has 3 heteroatoms. The highest BCUT2D eigenvalue weighted by atomic mass is 35.5. The van der Waals surface area contributed by atoms with Crippen LogP contribution in [-0.4, -0.2) is 9.55 Å². The second-order valence-corrected chi connectivity index (χ2v) is 5.88. The van der Waals surface area contributed by atoms with Crippen molar-refractivity contribution in [3.8, 4) is 11.4 Å². The van der Waals surface area contributed by atoms with Gasteiger partial charge in [-0.3, -0.25) is 0 Å². The van der Waals surface area contributed by atoms with Crippen molar-refractivity contribution in [2.45, 2.75) is 12.8 Å². The molecule has 104 valence electrons. The topological polar surface area (TPSA) is 17.8 Å². The number of imidazole rings is 1. The minimum atomic E-state index is 0.745. The van der Waals surface area contributed by atoms with Gasteiger partial charge in [-0.2, -0.15) is 0 Å². The number of allylic oxidation sites excluding steroid dienone is 1. The third-order valence-corrected chi connectivity index (χ3v) is 4.39. The van der Waals surface area contributed by atoms with E-state index >= 15 is 0 Å². The minimum Gasteiger partial charge on any atom is -0.327 e. The Kier molecular flexibility index (Phi) is 2.86. The lowest BCUT2D eigenvalue weighted by molar-refractivity contribution is 0.939. The quantitative estimate of drug-likeness (QED) is 0.627. The lowest BCUT2D eigenvalue weighted by Gasteiger charge is -2.15. The Morgan fingerprint density at radius 2 is 2.10 bits per heavy atom. The molecular weight excluding hydrogens is 280 g/mol. The summed E-state index contributed by atoms with van der Waals surface area (Å²) in [5, 5.41) is 0.745. The molecule has 0 radical (unpaired) electrons. The maximum Gasteiger partial charge on any atom is 0.141 e. The van der Waals surface area contributed by atoms with Crippen LogP contribution in [0.15, 0.2) is 42.5 Å². The van der Waals surface area contributed by atoms with E-state index in [2.05, 4.69) is 42.0 Å². The molecule has 0 bridgehead atoms. The van der Waals surface area contributed by atoms with Gasteiger partial charge in [0.25, 0.3) is 0 Å². The van der Waals surface area contributed by atoms with Gasteiger partial charge < -0.3 is 4.57 Å². The zero-order chi connectivity index (χ0) is 14.4. The van der Waals surface area contributed by atoms with Gasteiger partial charge >= 0.3 is 0 Å². The minimum absolute atomic E-state index is 0.745. The molecule has 1 heterocycles. The van der Waals surface area contributed by atoms with Crippen LogP contribution in [0.25, 0.3) is 28.5 Å². The van der Waals surface area contributed by atoms with Crippen molar-refractivity contribution in [3.63, 3.8) is 0 Å². The fourth-order valence-corrected chi connectivity index (χ4v) is 3.26. The summed E-state index contributed by atoms with van der Waals surface area (Å²) in [6, 6.07) is 12.3. The van der Waals surface area contributed by atoms with E-state index in [0.717, 1.165) is 34.7 Å². The third kappa shape index (κ3) is 1.98. The molecule has 1 aliphatic carbocycles. The molecule has 4 rings (SSSR count). The second kappa shape index (κ2) is 4.74. The lowest BCUT2D eigenvalue weighted by atomic mass is 9.92. The Hall–Kier alpha value is -2.06. The maximum atomic E-state index is 6.11. The Labute approximate surface area is 128 Å². The van der Waals surface area contributed by atoms with Crippen molar-refractivity contribution < 1.29 is 0 Å². The average Bonchev–Trinajstić information content (AvgIpc) is 2.83. The van der Waals surface area contributed by atoms with Gasteiger partial charge in [-0.25, -0.2) is 4.98 Å². The van der Waals surface area contributed by atoms with E-state index in [1.807, 2.05) is 18.2 Å². The van der Waals surface area contributed by atoms with Crippen LogP contribution in [-0.2, 0) is 13.5 Å². The van der Waals surface area contributed by atoms with Gasteiger partial charge in [0.2, 0.25) is 0 Å².